The van der Waals surface area contributed by atoms with Crippen molar-refractivity contribution in [3.8, 4) is 12.3 Å². The van der Waals surface area contributed by atoms with E-state index in [-0.39, 0.29) is 0 Å². The van der Waals surface area contributed by atoms with Crippen molar-refractivity contribution in [1.82, 2.24) is 10.2 Å². The number of nitrogens with one attached hydrogen (secondary N) is 1. The Morgan fingerprint density at radius 1 is 1.33 bits per heavy atom. The van der Waals surface area contributed by atoms with Crippen molar-refractivity contribution in [2.24, 2.45) is 0 Å². The molecule has 1 N–H and O–H groups in total. The Hall–Kier alpha value is -0.520. The molecule has 2 heteroatoms. The van der Waals surface area contributed by atoms with E-state index < -0.39 is 0 Å². The Morgan fingerprint density at radius 2 is 2.00 bits per heavy atom. The molecule has 0 saturated carbocycles. The van der Waals surface area contributed by atoms with Crippen LogP contribution in [-0.2, 0) is 0 Å². The lowest BCUT2D eigenvalue weighted by atomic mass is 10.1. The lowest BCUT2D eigenvalue weighted by Gasteiger charge is -2.30. The van der Waals surface area contributed by atoms with E-state index in [9.17, 15) is 0 Å². The van der Waals surface area contributed by atoms with E-state index in [2.05, 4.69) is 43.8 Å². The number of hydrogen-bond donors (Lipinski definition) is 1. The lowest BCUT2D eigenvalue weighted by Crippen LogP contribution is -2.44. The van der Waals surface area contributed by atoms with E-state index in [1.165, 1.54) is 6.42 Å². The molecule has 0 spiro atoms. The van der Waals surface area contributed by atoms with Gasteiger partial charge < -0.3 is 5.32 Å². The fraction of sp³-hybridized carbons (Fsp3) is 0.846. The first-order chi connectivity index (χ1) is 7.15. The van der Waals surface area contributed by atoms with E-state index in [0.717, 1.165) is 26.1 Å². The summed E-state index contributed by atoms with van der Waals surface area (Å²) in [6.45, 7) is 11.7. The van der Waals surface area contributed by atoms with Crippen LogP contribution in [0.1, 0.15) is 40.5 Å². The number of nitrogens with zero attached hydrogens (tertiary/aromatic N) is 1. The summed E-state index contributed by atoms with van der Waals surface area (Å²) in [6, 6.07) is 1.12. The minimum Gasteiger partial charge on any atom is -0.313 e. The van der Waals surface area contributed by atoms with Crippen LogP contribution in [0.4, 0.5) is 0 Å². The molecule has 0 aromatic heterocycles. The highest BCUT2D eigenvalue weighted by molar-refractivity contribution is 4.90. The van der Waals surface area contributed by atoms with Gasteiger partial charge >= 0.3 is 0 Å². The number of hydrogen-bond acceptors (Lipinski definition) is 2. The van der Waals surface area contributed by atoms with E-state index in [0.29, 0.717) is 12.1 Å². The molecular formula is C13H26N2. The first kappa shape index (κ1) is 14.5. The second kappa shape index (κ2) is 8.76. The molecule has 0 bridgehead atoms. The summed E-state index contributed by atoms with van der Waals surface area (Å²) >= 11 is 0. The lowest BCUT2D eigenvalue weighted by molar-refractivity contribution is 0.206. The Labute approximate surface area is 95.4 Å². The van der Waals surface area contributed by atoms with Crippen molar-refractivity contribution in [1.29, 1.82) is 0 Å². The minimum atomic E-state index is 0.549. The van der Waals surface area contributed by atoms with Crippen LogP contribution >= 0.6 is 0 Å². The van der Waals surface area contributed by atoms with Crippen molar-refractivity contribution >= 4 is 0 Å². The second-order valence-electron chi connectivity index (χ2n) is 4.30. The Balaban J connectivity index is 4.12. The molecule has 0 rings (SSSR count). The molecule has 0 aromatic rings. The molecular weight excluding hydrogens is 184 g/mol. The summed E-state index contributed by atoms with van der Waals surface area (Å²) in [5, 5.41) is 3.48. The van der Waals surface area contributed by atoms with Crippen LogP contribution in [0.3, 0.4) is 0 Å². The second-order valence-corrected chi connectivity index (χ2v) is 4.30. The maximum Gasteiger partial charge on any atom is 0.0601 e. The smallest absolute Gasteiger partial charge is 0.0601 e. The van der Waals surface area contributed by atoms with Crippen molar-refractivity contribution in [3.05, 3.63) is 0 Å². The first-order valence-corrected chi connectivity index (χ1v) is 6.06. The van der Waals surface area contributed by atoms with Crippen LogP contribution in [0.2, 0.25) is 0 Å². The standard InChI is InChI=1S/C13H26N2/c1-6-9-15(10-7-2)13(8-3)11-14-12(4)5/h1,12-14H,7-11H2,2-5H3. The molecule has 1 unspecified atom stereocenters. The van der Waals surface area contributed by atoms with E-state index in [1.807, 2.05) is 0 Å². The van der Waals surface area contributed by atoms with Gasteiger partial charge in [0.25, 0.3) is 0 Å². The molecule has 0 aliphatic rings. The minimum absolute atomic E-state index is 0.549. The molecule has 0 amide bonds. The highest BCUT2D eigenvalue weighted by Crippen LogP contribution is 2.04. The Morgan fingerprint density at radius 3 is 2.40 bits per heavy atom. The van der Waals surface area contributed by atoms with Gasteiger partial charge in [-0.2, -0.15) is 0 Å². The molecule has 88 valence electrons. The molecule has 0 aliphatic heterocycles. The van der Waals surface area contributed by atoms with E-state index in [1.54, 1.807) is 0 Å². The quantitative estimate of drug-likeness (QED) is 0.617. The van der Waals surface area contributed by atoms with Crippen molar-refractivity contribution in [3.63, 3.8) is 0 Å². The molecule has 0 radical (unpaired) electrons. The SMILES string of the molecule is C#CCN(CCC)C(CC)CNC(C)C. The number of terminal acetylenes is 1. The molecule has 15 heavy (non-hydrogen) atoms. The maximum absolute atomic E-state index is 5.40. The van der Waals surface area contributed by atoms with Gasteiger partial charge in [0.15, 0.2) is 0 Å². The molecule has 0 fully saturated rings. The largest absolute Gasteiger partial charge is 0.313 e. The Bertz CT molecular complexity index is 181. The summed E-state index contributed by atoms with van der Waals surface area (Å²) < 4.78 is 0. The van der Waals surface area contributed by atoms with Gasteiger partial charge in [-0.15, -0.1) is 6.42 Å². The molecule has 0 saturated heterocycles. The monoisotopic (exact) mass is 210 g/mol. The van der Waals surface area contributed by atoms with Gasteiger partial charge in [-0.3, -0.25) is 4.90 Å². The van der Waals surface area contributed by atoms with Crippen LogP contribution in [-0.4, -0.2) is 36.6 Å². The van der Waals surface area contributed by atoms with Crippen LogP contribution in [0, 0.1) is 12.3 Å². The van der Waals surface area contributed by atoms with Crippen LogP contribution in [0.15, 0.2) is 0 Å². The fourth-order valence-corrected chi connectivity index (χ4v) is 1.70. The average Bonchev–Trinajstić information content (AvgIpc) is 2.19. The first-order valence-electron chi connectivity index (χ1n) is 6.06. The summed E-state index contributed by atoms with van der Waals surface area (Å²) in [5.41, 5.74) is 0. The van der Waals surface area contributed by atoms with Crippen LogP contribution < -0.4 is 5.32 Å². The van der Waals surface area contributed by atoms with Gasteiger partial charge in [0, 0.05) is 18.6 Å². The summed E-state index contributed by atoms with van der Waals surface area (Å²) in [7, 11) is 0. The summed E-state index contributed by atoms with van der Waals surface area (Å²) in [4.78, 5) is 2.40. The van der Waals surface area contributed by atoms with Crippen molar-refractivity contribution in [2.75, 3.05) is 19.6 Å². The fourth-order valence-electron chi connectivity index (χ4n) is 1.70. The van der Waals surface area contributed by atoms with Gasteiger partial charge in [0.1, 0.15) is 0 Å². The van der Waals surface area contributed by atoms with Gasteiger partial charge in [0.2, 0.25) is 0 Å². The third-order valence-electron chi connectivity index (χ3n) is 2.55. The van der Waals surface area contributed by atoms with E-state index >= 15 is 0 Å². The highest BCUT2D eigenvalue weighted by atomic mass is 15.2. The molecule has 0 aromatic carbocycles. The normalized spacial score (nSPS) is 13.1. The van der Waals surface area contributed by atoms with Crippen molar-refractivity contribution in [2.45, 2.75) is 52.6 Å². The molecule has 2 nitrogen and oxygen atoms in total. The maximum atomic E-state index is 5.40. The predicted molar refractivity (Wildman–Crippen MR) is 67.9 cm³/mol. The third kappa shape index (κ3) is 6.54. The number of rotatable bonds is 8. The van der Waals surface area contributed by atoms with Crippen LogP contribution in [0.5, 0.6) is 0 Å². The molecule has 0 heterocycles. The zero-order valence-electron chi connectivity index (χ0n) is 10.7. The van der Waals surface area contributed by atoms with Crippen LogP contribution in [0.25, 0.3) is 0 Å². The zero-order chi connectivity index (χ0) is 11.7. The molecule has 1 atom stereocenters. The van der Waals surface area contributed by atoms with Gasteiger partial charge in [-0.1, -0.05) is 33.6 Å². The van der Waals surface area contributed by atoms with Crippen molar-refractivity contribution < 1.29 is 0 Å². The topological polar surface area (TPSA) is 15.3 Å². The molecule has 0 aliphatic carbocycles. The third-order valence-corrected chi connectivity index (χ3v) is 2.55. The zero-order valence-corrected chi connectivity index (χ0v) is 10.7. The Kier molecular flexibility index (Phi) is 8.46. The average molecular weight is 210 g/mol. The summed E-state index contributed by atoms with van der Waals surface area (Å²) in [6.07, 6.45) is 7.72. The highest BCUT2D eigenvalue weighted by Gasteiger charge is 2.14. The van der Waals surface area contributed by atoms with Gasteiger partial charge in [0.05, 0.1) is 6.54 Å². The van der Waals surface area contributed by atoms with Gasteiger partial charge in [-0.25, -0.2) is 0 Å². The van der Waals surface area contributed by atoms with Gasteiger partial charge in [-0.05, 0) is 19.4 Å². The van der Waals surface area contributed by atoms with E-state index in [4.69, 9.17) is 6.42 Å². The summed E-state index contributed by atoms with van der Waals surface area (Å²) in [5.74, 6) is 2.75. The predicted octanol–water partition coefficient (Wildman–Crippen LogP) is 2.11.